The molecule has 1 atom stereocenters. The monoisotopic (exact) mass is 373 g/mol. The van der Waals surface area contributed by atoms with E-state index in [2.05, 4.69) is 15.7 Å². The van der Waals surface area contributed by atoms with Crippen molar-refractivity contribution in [1.82, 2.24) is 25.0 Å². The van der Waals surface area contributed by atoms with Gasteiger partial charge in [0.25, 0.3) is 5.91 Å². The molecule has 2 N–H and O–H groups in total. The summed E-state index contributed by atoms with van der Waals surface area (Å²) in [5.41, 5.74) is 0.346. The fraction of sp³-hybridized carbons (Fsp3) is 0.167. The highest BCUT2D eigenvalue weighted by Crippen LogP contribution is 2.19. The standard InChI is InChI=1S/C18H17F2N5O2/c1-21-17(27)15(11-5-6-13(19)14(20)9-11)23-16(26)12-10-22-24(2)18(12)25-7-3-4-8-25/h3-10,15H,1-2H3,(H,21,27)(H,23,26). The van der Waals surface area contributed by atoms with Crippen molar-refractivity contribution in [3.63, 3.8) is 0 Å². The second-order valence-corrected chi connectivity index (χ2v) is 5.79. The van der Waals surface area contributed by atoms with Crippen LogP contribution in [0.3, 0.4) is 0 Å². The number of amides is 2. The molecule has 0 bridgehead atoms. The maximum absolute atomic E-state index is 13.6. The predicted molar refractivity (Wildman–Crippen MR) is 93.2 cm³/mol. The minimum Gasteiger partial charge on any atom is -0.357 e. The number of benzene rings is 1. The van der Waals surface area contributed by atoms with Gasteiger partial charge in [-0.15, -0.1) is 0 Å². The average Bonchev–Trinajstić information content (AvgIpc) is 3.30. The van der Waals surface area contributed by atoms with Gasteiger partial charge in [0.15, 0.2) is 11.6 Å². The van der Waals surface area contributed by atoms with E-state index in [0.717, 1.165) is 12.1 Å². The zero-order chi connectivity index (χ0) is 19.6. The summed E-state index contributed by atoms with van der Waals surface area (Å²) in [5, 5.41) is 9.05. The van der Waals surface area contributed by atoms with Gasteiger partial charge in [-0.3, -0.25) is 14.3 Å². The first-order valence-corrected chi connectivity index (χ1v) is 8.05. The van der Waals surface area contributed by atoms with E-state index < -0.39 is 29.5 Å². The van der Waals surface area contributed by atoms with E-state index in [9.17, 15) is 18.4 Å². The Bertz CT molecular complexity index is 982. The molecule has 0 saturated heterocycles. The maximum atomic E-state index is 13.6. The largest absolute Gasteiger partial charge is 0.357 e. The van der Waals surface area contributed by atoms with Crippen molar-refractivity contribution in [2.75, 3.05) is 7.05 Å². The van der Waals surface area contributed by atoms with Gasteiger partial charge in [-0.25, -0.2) is 8.78 Å². The summed E-state index contributed by atoms with van der Waals surface area (Å²) >= 11 is 0. The number of halogens is 2. The lowest BCUT2D eigenvalue weighted by Gasteiger charge is -2.18. The molecule has 9 heteroatoms. The van der Waals surface area contributed by atoms with Crippen LogP contribution in [-0.2, 0) is 11.8 Å². The molecule has 1 aromatic carbocycles. The summed E-state index contributed by atoms with van der Waals surface area (Å²) in [7, 11) is 3.06. The number of nitrogens with zero attached hydrogens (tertiary/aromatic N) is 3. The number of likely N-dealkylation sites (N-methyl/N-ethyl adjacent to an activating group) is 1. The zero-order valence-electron chi connectivity index (χ0n) is 14.6. The SMILES string of the molecule is CNC(=O)C(NC(=O)c1cnn(C)c1-n1cccc1)c1ccc(F)c(F)c1. The Kier molecular flexibility index (Phi) is 5.02. The van der Waals surface area contributed by atoms with Crippen molar-refractivity contribution in [2.45, 2.75) is 6.04 Å². The van der Waals surface area contributed by atoms with E-state index in [1.165, 1.54) is 24.0 Å². The molecule has 140 valence electrons. The van der Waals surface area contributed by atoms with E-state index in [0.29, 0.717) is 5.82 Å². The van der Waals surface area contributed by atoms with Crippen LogP contribution >= 0.6 is 0 Å². The summed E-state index contributed by atoms with van der Waals surface area (Å²) in [6.45, 7) is 0. The van der Waals surface area contributed by atoms with Crippen LogP contribution < -0.4 is 10.6 Å². The normalized spacial score (nSPS) is 11.9. The molecule has 2 amide bonds. The van der Waals surface area contributed by atoms with Crippen LogP contribution in [0, 0.1) is 11.6 Å². The van der Waals surface area contributed by atoms with E-state index in [1.54, 1.807) is 36.1 Å². The molecule has 0 fully saturated rings. The number of carbonyl (C=O) groups is 2. The molecule has 3 aromatic rings. The third kappa shape index (κ3) is 3.57. The highest BCUT2D eigenvalue weighted by atomic mass is 19.2. The van der Waals surface area contributed by atoms with Crippen molar-refractivity contribution < 1.29 is 18.4 Å². The fourth-order valence-corrected chi connectivity index (χ4v) is 2.72. The molecule has 7 nitrogen and oxygen atoms in total. The van der Waals surface area contributed by atoms with Crippen molar-refractivity contribution in [3.8, 4) is 5.82 Å². The van der Waals surface area contributed by atoms with Gasteiger partial charge in [-0.2, -0.15) is 5.10 Å². The summed E-state index contributed by atoms with van der Waals surface area (Å²) in [6, 6.07) is 5.42. The Morgan fingerprint density at radius 2 is 1.85 bits per heavy atom. The van der Waals surface area contributed by atoms with Crippen molar-refractivity contribution >= 4 is 11.8 Å². The van der Waals surface area contributed by atoms with Gasteiger partial charge < -0.3 is 15.2 Å². The van der Waals surface area contributed by atoms with Gasteiger partial charge in [0.2, 0.25) is 5.91 Å². The number of aromatic nitrogens is 3. The molecule has 0 spiro atoms. The van der Waals surface area contributed by atoms with Gasteiger partial charge in [0.1, 0.15) is 17.4 Å². The summed E-state index contributed by atoms with van der Waals surface area (Å²) in [6.07, 6.45) is 4.87. The molecule has 0 aliphatic carbocycles. The summed E-state index contributed by atoms with van der Waals surface area (Å²) < 4.78 is 30.0. The number of hydrogen-bond donors (Lipinski definition) is 2. The van der Waals surface area contributed by atoms with Gasteiger partial charge in [0.05, 0.1) is 6.20 Å². The lowest BCUT2D eigenvalue weighted by Crippen LogP contribution is -2.39. The minimum absolute atomic E-state index is 0.119. The number of rotatable bonds is 5. The number of hydrogen-bond acceptors (Lipinski definition) is 3. The molecule has 0 saturated carbocycles. The van der Waals surface area contributed by atoms with Gasteiger partial charge in [-0.05, 0) is 29.8 Å². The topological polar surface area (TPSA) is 81.0 Å². The van der Waals surface area contributed by atoms with Crippen LogP contribution in [0.2, 0.25) is 0 Å². The molecule has 1 unspecified atom stereocenters. The highest BCUT2D eigenvalue weighted by molar-refractivity contribution is 6.00. The first-order chi connectivity index (χ1) is 12.9. The second kappa shape index (κ2) is 7.40. The maximum Gasteiger partial charge on any atom is 0.257 e. The van der Waals surface area contributed by atoms with Crippen LogP contribution in [-0.4, -0.2) is 33.2 Å². The Morgan fingerprint density at radius 1 is 1.15 bits per heavy atom. The van der Waals surface area contributed by atoms with Crippen LogP contribution in [0.5, 0.6) is 0 Å². The third-order valence-corrected chi connectivity index (χ3v) is 4.06. The van der Waals surface area contributed by atoms with E-state index in [1.807, 2.05) is 0 Å². The van der Waals surface area contributed by atoms with Crippen molar-refractivity contribution in [2.24, 2.45) is 7.05 Å². The van der Waals surface area contributed by atoms with Gasteiger partial charge in [0, 0.05) is 26.5 Å². The Hall–Kier alpha value is -3.49. The fourth-order valence-electron chi connectivity index (χ4n) is 2.72. The molecule has 0 aliphatic rings. The minimum atomic E-state index is -1.20. The quantitative estimate of drug-likeness (QED) is 0.714. The highest BCUT2D eigenvalue weighted by Gasteiger charge is 2.26. The lowest BCUT2D eigenvalue weighted by atomic mass is 10.1. The first-order valence-electron chi connectivity index (χ1n) is 8.05. The molecule has 2 aromatic heterocycles. The second-order valence-electron chi connectivity index (χ2n) is 5.79. The van der Waals surface area contributed by atoms with Crippen LogP contribution in [0.15, 0.2) is 48.9 Å². The van der Waals surface area contributed by atoms with Crippen molar-refractivity contribution in [1.29, 1.82) is 0 Å². The van der Waals surface area contributed by atoms with Gasteiger partial charge >= 0.3 is 0 Å². The predicted octanol–water partition coefficient (Wildman–Crippen LogP) is 1.71. The smallest absolute Gasteiger partial charge is 0.257 e. The Balaban J connectivity index is 1.94. The lowest BCUT2D eigenvalue weighted by molar-refractivity contribution is -0.122. The van der Waals surface area contributed by atoms with E-state index >= 15 is 0 Å². The van der Waals surface area contributed by atoms with Gasteiger partial charge in [-0.1, -0.05) is 6.07 Å². The van der Waals surface area contributed by atoms with Crippen molar-refractivity contribution in [3.05, 3.63) is 71.7 Å². The molecule has 3 rings (SSSR count). The van der Waals surface area contributed by atoms with Crippen LogP contribution in [0.25, 0.3) is 5.82 Å². The zero-order valence-corrected chi connectivity index (χ0v) is 14.6. The molecular formula is C18H17F2N5O2. The molecule has 0 aliphatic heterocycles. The van der Waals surface area contributed by atoms with E-state index in [-0.39, 0.29) is 11.1 Å². The Labute approximate surface area is 153 Å². The van der Waals surface area contributed by atoms with Crippen LogP contribution in [0.4, 0.5) is 8.78 Å². The third-order valence-electron chi connectivity index (χ3n) is 4.06. The van der Waals surface area contributed by atoms with E-state index in [4.69, 9.17) is 0 Å². The number of nitrogens with one attached hydrogen (secondary N) is 2. The molecule has 2 heterocycles. The molecule has 0 radical (unpaired) electrons. The molecule has 27 heavy (non-hydrogen) atoms. The van der Waals surface area contributed by atoms with Crippen LogP contribution in [0.1, 0.15) is 22.0 Å². The number of carbonyl (C=O) groups excluding carboxylic acids is 2. The first kappa shape index (κ1) is 18.3. The Morgan fingerprint density at radius 3 is 2.48 bits per heavy atom. The average molecular weight is 373 g/mol. The summed E-state index contributed by atoms with van der Waals surface area (Å²) in [4.78, 5) is 25.0. The molecular weight excluding hydrogens is 356 g/mol. The number of aryl methyl sites for hydroxylation is 1. The summed E-state index contributed by atoms with van der Waals surface area (Å²) in [5.74, 6) is -2.79.